The molecule has 0 radical (unpaired) electrons. The third kappa shape index (κ3) is 4.63. The molecule has 2 aliphatic carbocycles. The van der Waals surface area contributed by atoms with Gasteiger partial charge in [0.25, 0.3) is 5.79 Å². The molecule has 0 unspecified atom stereocenters. The van der Waals surface area contributed by atoms with Crippen LogP contribution in [0.2, 0.25) is 0 Å². The normalized spacial score (nSPS) is 18.8. The van der Waals surface area contributed by atoms with Crippen molar-refractivity contribution in [3.63, 3.8) is 0 Å². The number of hydrogen-bond acceptors (Lipinski definition) is 3. The molecule has 0 atom stereocenters. The minimum Gasteiger partial charge on any atom is -0.343 e. The number of benzene rings is 2. The van der Waals surface area contributed by atoms with E-state index in [9.17, 15) is 4.79 Å². The number of ketones is 1. The van der Waals surface area contributed by atoms with Gasteiger partial charge in [-0.05, 0) is 48.6 Å². The van der Waals surface area contributed by atoms with E-state index in [1.54, 1.807) is 14.2 Å². The summed E-state index contributed by atoms with van der Waals surface area (Å²) in [5.74, 6) is -0.319. The molecule has 0 N–H and O–H groups in total. The standard InChI is InChI=1S/C28H36O3/c1-30-28(31-2,26-19-17-24(18-20-26)22-11-7-4-8-12-22)27(29)25-15-13-23(14-16-25)21-9-5-3-6-10-21/h13-22H,3-12H2,1-2H3. The number of rotatable bonds is 7. The van der Waals surface area contributed by atoms with Crippen LogP contribution in [0.4, 0.5) is 0 Å². The van der Waals surface area contributed by atoms with E-state index in [-0.39, 0.29) is 5.78 Å². The number of methoxy groups -OCH3 is 2. The Kier molecular flexibility index (Phi) is 7.24. The maximum atomic E-state index is 13.6. The molecule has 0 amide bonds. The summed E-state index contributed by atoms with van der Waals surface area (Å²) in [5.41, 5.74) is 4.07. The van der Waals surface area contributed by atoms with Crippen LogP contribution in [-0.2, 0) is 15.3 Å². The molecule has 0 aliphatic heterocycles. The first-order valence-corrected chi connectivity index (χ1v) is 12.0. The first-order chi connectivity index (χ1) is 15.2. The lowest BCUT2D eigenvalue weighted by Crippen LogP contribution is -2.40. The van der Waals surface area contributed by atoms with Crippen molar-refractivity contribution in [2.75, 3.05) is 14.2 Å². The summed E-state index contributed by atoms with van der Waals surface area (Å²) in [7, 11) is 3.10. The lowest BCUT2D eigenvalue weighted by atomic mass is 9.83. The Morgan fingerprint density at radius 2 is 1.10 bits per heavy atom. The Bertz CT molecular complexity index is 837. The largest absolute Gasteiger partial charge is 0.343 e. The van der Waals surface area contributed by atoms with Crippen LogP contribution in [0.5, 0.6) is 0 Å². The molecule has 3 nitrogen and oxygen atoms in total. The lowest BCUT2D eigenvalue weighted by Gasteiger charge is -2.30. The Morgan fingerprint density at radius 1 is 0.677 bits per heavy atom. The second-order valence-corrected chi connectivity index (χ2v) is 9.27. The minimum atomic E-state index is -1.42. The average molecular weight is 421 g/mol. The van der Waals surface area contributed by atoms with Crippen molar-refractivity contribution in [2.45, 2.75) is 81.8 Å². The molecule has 4 rings (SSSR count). The molecule has 0 bridgehead atoms. The summed E-state index contributed by atoms with van der Waals surface area (Å²) in [4.78, 5) is 13.6. The first kappa shape index (κ1) is 22.2. The van der Waals surface area contributed by atoms with Gasteiger partial charge < -0.3 is 9.47 Å². The molecule has 166 valence electrons. The van der Waals surface area contributed by atoms with Crippen molar-refractivity contribution in [1.82, 2.24) is 0 Å². The highest BCUT2D eigenvalue weighted by Crippen LogP contribution is 2.36. The number of carbonyl (C=O) groups excluding carboxylic acids is 1. The zero-order chi connectivity index (χ0) is 21.7. The van der Waals surface area contributed by atoms with Gasteiger partial charge in [0.1, 0.15) is 0 Å². The summed E-state index contributed by atoms with van der Waals surface area (Å²) >= 11 is 0. The van der Waals surface area contributed by atoms with Gasteiger partial charge in [0.2, 0.25) is 5.78 Å². The van der Waals surface area contributed by atoms with Crippen molar-refractivity contribution >= 4 is 5.78 Å². The second-order valence-electron chi connectivity index (χ2n) is 9.27. The third-order valence-corrected chi connectivity index (χ3v) is 7.49. The molecule has 0 heterocycles. The lowest BCUT2D eigenvalue weighted by molar-refractivity contribution is -0.176. The smallest absolute Gasteiger partial charge is 0.260 e. The molecule has 2 fully saturated rings. The van der Waals surface area contributed by atoms with Gasteiger partial charge in [0, 0.05) is 25.3 Å². The molecule has 31 heavy (non-hydrogen) atoms. The molecule has 0 aromatic heterocycles. The quantitative estimate of drug-likeness (QED) is 0.354. The molecular formula is C28H36O3. The van der Waals surface area contributed by atoms with Gasteiger partial charge in [0.05, 0.1) is 0 Å². The van der Waals surface area contributed by atoms with Crippen LogP contribution in [0.15, 0.2) is 48.5 Å². The summed E-state index contributed by atoms with van der Waals surface area (Å²) in [5, 5.41) is 0. The zero-order valence-corrected chi connectivity index (χ0v) is 19.1. The maximum absolute atomic E-state index is 13.6. The Labute approximate surface area is 187 Å². The summed E-state index contributed by atoms with van der Waals surface area (Å²) in [6, 6.07) is 16.4. The minimum absolute atomic E-state index is 0.155. The van der Waals surface area contributed by atoms with Gasteiger partial charge in [-0.2, -0.15) is 0 Å². The zero-order valence-electron chi connectivity index (χ0n) is 19.1. The van der Waals surface area contributed by atoms with E-state index in [0.717, 1.165) is 5.56 Å². The monoisotopic (exact) mass is 420 g/mol. The van der Waals surface area contributed by atoms with E-state index in [4.69, 9.17) is 9.47 Å². The molecular weight excluding hydrogens is 384 g/mol. The molecule has 0 spiro atoms. The van der Waals surface area contributed by atoms with E-state index in [2.05, 4.69) is 24.3 Å². The van der Waals surface area contributed by atoms with Gasteiger partial charge in [-0.25, -0.2) is 0 Å². The summed E-state index contributed by atoms with van der Waals surface area (Å²) < 4.78 is 11.5. The van der Waals surface area contributed by atoms with E-state index in [1.807, 2.05) is 24.3 Å². The SMILES string of the molecule is COC(OC)(C(=O)c1ccc(C2CCCCC2)cc1)c1ccc(C2CCCCC2)cc1. The Hall–Kier alpha value is -1.97. The highest BCUT2D eigenvalue weighted by Gasteiger charge is 2.41. The molecule has 2 saturated carbocycles. The molecule has 2 aromatic carbocycles. The molecule has 2 aromatic rings. The Morgan fingerprint density at radius 3 is 1.52 bits per heavy atom. The van der Waals surface area contributed by atoms with Gasteiger partial charge in [-0.1, -0.05) is 87.1 Å². The number of ether oxygens (including phenoxy) is 2. The second kappa shape index (κ2) is 10.1. The van der Waals surface area contributed by atoms with Crippen molar-refractivity contribution < 1.29 is 14.3 Å². The van der Waals surface area contributed by atoms with E-state index in [0.29, 0.717) is 17.4 Å². The van der Waals surface area contributed by atoms with Crippen LogP contribution in [-0.4, -0.2) is 20.0 Å². The van der Waals surface area contributed by atoms with E-state index in [1.165, 1.54) is 75.3 Å². The van der Waals surface area contributed by atoms with Crippen LogP contribution in [0, 0.1) is 0 Å². The van der Waals surface area contributed by atoms with E-state index >= 15 is 0 Å². The molecule has 2 aliphatic rings. The van der Waals surface area contributed by atoms with Gasteiger partial charge >= 0.3 is 0 Å². The van der Waals surface area contributed by atoms with Gasteiger partial charge in [0.15, 0.2) is 0 Å². The Balaban J connectivity index is 1.55. The predicted molar refractivity (Wildman–Crippen MR) is 125 cm³/mol. The van der Waals surface area contributed by atoms with Crippen LogP contribution >= 0.6 is 0 Å². The van der Waals surface area contributed by atoms with Crippen molar-refractivity contribution in [1.29, 1.82) is 0 Å². The summed E-state index contributed by atoms with van der Waals surface area (Å²) in [6.45, 7) is 0. The molecule has 3 heteroatoms. The van der Waals surface area contributed by atoms with Gasteiger partial charge in [-0.15, -0.1) is 0 Å². The van der Waals surface area contributed by atoms with Crippen molar-refractivity contribution in [3.8, 4) is 0 Å². The predicted octanol–water partition coefficient (Wildman–Crippen LogP) is 7.11. The number of carbonyl (C=O) groups is 1. The topological polar surface area (TPSA) is 35.5 Å². The highest BCUT2D eigenvalue weighted by atomic mass is 16.7. The molecule has 0 saturated heterocycles. The van der Waals surface area contributed by atoms with Crippen LogP contribution in [0.3, 0.4) is 0 Å². The fourth-order valence-corrected chi connectivity index (χ4v) is 5.58. The van der Waals surface area contributed by atoms with Crippen LogP contribution in [0.1, 0.15) is 103 Å². The van der Waals surface area contributed by atoms with E-state index < -0.39 is 5.79 Å². The average Bonchev–Trinajstić information content (AvgIpc) is 2.86. The number of hydrogen-bond donors (Lipinski definition) is 0. The van der Waals surface area contributed by atoms with Crippen LogP contribution in [0.25, 0.3) is 0 Å². The maximum Gasteiger partial charge on any atom is 0.260 e. The summed E-state index contributed by atoms with van der Waals surface area (Å²) in [6.07, 6.45) is 12.9. The number of Topliss-reactive ketones (excluding diaryl/α,β-unsaturated/α-hetero) is 1. The van der Waals surface area contributed by atoms with Gasteiger partial charge in [-0.3, -0.25) is 4.79 Å². The fourth-order valence-electron chi connectivity index (χ4n) is 5.58. The highest BCUT2D eigenvalue weighted by molar-refractivity contribution is 6.02. The fraction of sp³-hybridized carbons (Fsp3) is 0.536. The first-order valence-electron chi connectivity index (χ1n) is 12.0. The van der Waals surface area contributed by atoms with Crippen molar-refractivity contribution in [3.05, 3.63) is 70.8 Å². The third-order valence-electron chi connectivity index (χ3n) is 7.49. The van der Waals surface area contributed by atoms with Crippen LogP contribution < -0.4 is 0 Å². The van der Waals surface area contributed by atoms with Crippen molar-refractivity contribution in [2.24, 2.45) is 0 Å².